The van der Waals surface area contributed by atoms with Gasteiger partial charge in [0.05, 0.1) is 6.61 Å². The van der Waals surface area contributed by atoms with E-state index in [4.69, 9.17) is 4.74 Å². The van der Waals surface area contributed by atoms with Crippen LogP contribution < -0.4 is 4.74 Å². The van der Waals surface area contributed by atoms with Gasteiger partial charge in [-0.25, -0.2) is 4.39 Å². The molecule has 0 spiro atoms. The normalized spacial score (nSPS) is 25.7. The molecule has 29 heavy (non-hydrogen) atoms. The van der Waals surface area contributed by atoms with E-state index >= 15 is 0 Å². The fraction of sp³-hybridized carbons (Fsp3) is 0.704. The van der Waals surface area contributed by atoms with Crippen molar-refractivity contribution in [3.05, 3.63) is 41.7 Å². The van der Waals surface area contributed by atoms with E-state index in [-0.39, 0.29) is 5.82 Å². The van der Waals surface area contributed by atoms with E-state index in [0.29, 0.717) is 24.2 Å². The molecule has 0 heterocycles. The van der Waals surface area contributed by atoms with Crippen LogP contribution in [0.25, 0.3) is 0 Å². The van der Waals surface area contributed by atoms with E-state index in [2.05, 4.69) is 32.1 Å². The Balaban J connectivity index is 1.71. The summed E-state index contributed by atoms with van der Waals surface area (Å²) in [5, 5.41) is 0. The lowest BCUT2D eigenvalue weighted by Crippen LogP contribution is -2.23. The standard InChI is InChI=1S/C27H41FO/c1-3-5-9-21-12-14-23(15-13-21)25(19-22-10-7-6-8-11-22)24-16-17-27(26(28)20-24)29-18-4-2/h6-7,16-17,20-23,25H,3-5,8-15,18-19H2,1-2H3. The Morgan fingerprint density at radius 3 is 2.48 bits per heavy atom. The van der Waals surface area contributed by atoms with Crippen molar-refractivity contribution in [2.45, 2.75) is 96.8 Å². The number of unbranched alkanes of at least 4 members (excludes halogenated alkanes) is 1. The van der Waals surface area contributed by atoms with Gasteiger partial charge in [0.1, 0.15) is 0 Å². The van der Waals surface area contributed by atoms with Crippen molar-refractivity contribution in [3.63, 3.8) is 0 Å². The summed E-state index contributed by atoms with van der Waals surface area (Å²) < 4.78 is 20.3. The first kappa shape index (κ1) is 22.4. The molecule has 0 aromatic heterocycles. The third-order valence-corrected chi connectivity index (χ3v) is 7.24. The molecule has 2 aliphatic carbocycles. The molecular formula is C27H41FO. The Kier molecular flexibility index (Phi) is 9.08. The molecule has 0 N–H and O–H groups in total. The van der Waals surface area contributed by atoms with Gasteiger partial charge in [-0.2, -0.15) is 0 Å². The summed E-state index contributed by atoms with van der Waals surface area (Å²) in [5.74, 6) is 3.11. The Labute approximate surface area is 178 Å². The highest BCUT2D eigenvalue weighted by molar-refractivity contribution is 5.32. The van der Waals surface area contributed by atoms with Crippen molar-refractivity contribution in [1.82, 2.24) is 0 Å². The van der Waals surface area contributed by atoms with Crippen LogP contribution in [0.1, 0.15) is 102 Å². The number of halogens is 1. The molecule has 2 unspecified atom stereocenters. The zero-order valence-electron chi connectivity index (χ0n) is 18.7. The SMILES string of the molecule is CCCCC1CCC(C(CC2CC=CCC2)c2ccc(OCCC)c(F)c2)CC1. The van der Waals surface area contributed by atoms with Crippen LogP contribution in [0.4, 0.5) is 4.39 Å². The number of benzene rings is 1. The van der Waals surface area contributed by atoms with Gasteiger partial charge in [0.2, 0.25) is 0 Å². The molecule has 2 aliphatic rings. The predicted octanol–water partition coefficient (Wildman–Crippen LogP) is 8.44. The fourth-order valence-corrected chi connectivity index (χ4v) is 5.48. The third kappa shape index (κ3) is 6.59. The second-order valence-corrected chi connectivity index (χ2v) is 9.45. The Bertz CT molecular complexity index is 629. The molecule has 1 nitrogen and oxygen atoms in total. The number of ether oxygens (including phenoxy) is 1. The molecule has 0 radical (unpaired) electrons. The van der Waals surface area contributed by atoms with Crippen molar-refractivity contribution in [1.29, 1.82) is 0 Å². The maximum absolute atomic E-state index is 14.7. The summed E-state index contributed by atoms with van der Waals surface area (Å²) in [6, 6.07) is 5.82. The van der Waals surface area contributed by atoms with Gasteiger partial charge in [-0.15, -0.1) is 0 Å². The van der Waals surface area contributed by atoms with Gasteiger partial charge >= 0.3 is 0 Å². The molecule has 3 rings (SSSR count). The summed E-state index contributed by atoms with van der Waals surface area (Å²) in [6.07, 6.45) is 19.9. The number of rotatable bonds is 10. The minimum absolute atomic E-state index is 0.180. The van der Waals surface area contributed by atoms with E-state index in [1.165, 1.54) is 76.2 Å². The first-order valence-corrected chi connectivity index (χ1v) is 12.3. The molecule has 0 aliphatic heterocycles. The lowest BCUT2D eigenvalue weighted by Gasteiger charge is -2.36. The number of hydrogen-bond acceptors (Lipinski definition) is 1. The molecular weight excluding hydrogens is 359 g/mol. The van der Waals surface area contributed by atoms with Crippen molar-refractivity contribution in [2.75, 3.05) is 6.61 Å². The van der Waals surface area contributed by atoms with Gasteiger partial charge < -0.3 is 4.74 Å². The maximum atomic E-state index is 14.7. The summed E-state index contributed by atoms with van der Waals surface area (Å²) in [4.78, 5) is 0. The molecule has 1 aromatic rings. The molecule has 0 bridgehead atoms. The Morgan fingerprint density at radius 1 is 1.00 bits per heavy atom. The molecule has 0 saturated heterocycles. The van der Waals surface area contributed by atoms with Crippen LogP contribution in [0.3, 0.4) is 0 Å². The molecule has 0 amide bonds. The second-order valence-electron chi connectivity index (χ2n) is 9.45. The van der Waals surface area contributed by atoms with Crippen molar-refractivity contribution in [2.24, 2.45) is 17.8 Å². The van der Waals surface area contributed by atoms with Crippen LogP contribution in [-0.2, 0) is 0 Å². The van der Waals surface area contributed by atoms with Gasteiger partial charge in [-0.1, -0.05) is 64.2 Å². The van der Waals surface area contributed by atoms with Crippen LogP contribution in [0.2, 0.25) is 0 Å². The van der Waals surface area contributed by atoms with Gasteiger partial charge in [0, 0.05) is 0 Å². The van der Waals surface area contributed by atoms with Crippen molar-refractivity contribution < 1.29 is 9.13 Å². The van der Waals surface area contributed by atoms with Crippen LogP contribution in [0, 0.1) is 23.6 Å². The zero-order chi connectivity index (χ0) is 20.5. The largest absolute Gasteiger partial charge is 0.491 e. The summed E-state index contributed by atoms with van der Waals surface area (Å²) >= 11 is 0. The summed E-state index contributed by atoms with van der Waals surface area (Å²) in [6.45, 7) is 4.93. The highest BCUT2D eigenvalue weighted by Gasteiger charge is 2.31. The summed E-state index contributed by atoms with van der Waals surface area (Å²) in [5.41, 5.74) is 1.21. The van der Waals surface area contributed by atoms with Gasteiger partial charge in [0.25, 0.3) is 0 Å². The third-order valence-electron chi connectivity index (χ3n) is 7.24. The van der Waals surface area contributed by atoms with Gasteiger partial charge in [-0.3, -0.25) is 0 Å². The van der Waals surface area contributed by atoms with Gasteiger partial charge in [-0.05, 0) is 86.3 Å². The molecule has 1 fully saturated rings. The second kappa shape index (κ2) is 11.8. The van der Waals surface area contributed by atoms with E-state index in [1.54, 1.807) is 6.07 Å². The zero-order valence-corrected chi connectivity index (χ0v) is 18.7. The maximum Gasteiger partial charge on any atom is 0.165 e. The number of hydrogen-bond donors (Lipinski definition) is 0. The molecule has 162 valence electrons. The van der Waals surface area contributed by atoms with E-state index in [0.717, 1.165) is 18.3 Å². The van der Waals surface area contributed by atoms with E-state index in [1.807, 2.05) is 6.07 Å². The molecule has 2 atom stereocenters. The van der Waals surface area contributed by atoms with E-state index < -0.39 is 0 Å². The molecule has 1 saturated carbocycles. The molecule has 2 heteroatoms. The Morgan fingerprint density at radius 2 is 1.83 bits per heavy atom. The first-order chi connectivity index (χ1) is 14.2. The minimum atomic E-state index is -0.180. The average molecular weight is 401 g/mol. The predicted molar refractivity (Wildman–Crippen MR) is 121 cm³/mol. The van der Waals surface area contributed by atoms with Gasteiger partial charge in [0.15, 0.2) is 11.6 Å². The summed E-state index contributed by atoms with van der Waals surface area (Å²) in [7, 11) is 0. The topological polar surface area (TPSA) is 9.23 Å². The average Bonchev–Trinajstić information content (AvgIpc) is 2.76. The Hall–Kier alpha value is -1.31. The lowest BCUT2D eigenvalue weighted by molar-refractivity contribution is 0.210. The quantitative estimate of drug-likeness (QED) is 0.358. The van der Waals surface area contributed by atoms with Crippen molar-refractivity contribution >= 4 is 0 Å². The highest BCUT2D eigenvalue weighted by atomic mass is 19.1. The monoisotopic (exact) mass is 400 g/mol. The minimum Gasteiger partial charge on any atom is -0.491 e. The smallest absolute Gasteiger partial charge is 0.165 e. The first-order valence-electron chi connectivity index (χ1n) is 12.3. The van der Waals surface area contributed by atoms with Crippen LogP contribution >= 0.6 is 0 Å². The van der Waals surface area contributed by atoms with Crippen LogP contribution in [0.5, 0.6) is 5.75 Å². The molecule has 1 aromatic carbocycles. The highest BCUT2D eigenvalue weighted by Crippen LogP contribution is 2.44. The lowest BCUT2D eigenvalue weighted by atomic mass is 9.69. The van der Waals surface area contributed by atoms with Crippen molar-refractivity contribution in [3.8, 4) is 5.75 Å². The fourth-order valence-electron chi connectivity index (χ4n) is 5.48. The van der Waals surface area contributed by atoms with Crippen LogP contribution in [0.15, 0.2) is 30.4 Å². The number of allylic oxidation sites excluding steroid dienone is 2. The van der Waals surface area contributed by atoms with Crippen LogP contribution in [-0.4, -0.2) is 6.61 Å². The van der Waals surface area contributed by atoms with E-state index in [9.17, 15) is 4.39 Å².